The highest BCUT2D eigenvalue weighted by Crippen LogP contribution is 2.27. The molecule has 0 saturated carbocycles. The molecule has 2 aromatic rings. The van der Waals surface area contributed by atoms with Crippen LogP contribution < -0.4 is 4.74 Å². The monoisotopic (exact) mass is 407 g/mol. The van der Waals surface area contributed by atoms with Crippen LogP contribution >= 0.6 is 0 Å². The summed E-state index contributed by atoms with van der Waals surface area (Å²) in [7, 11) is 0. The van der Waals surface area contributed by atoms with E-state index in [0.717, 1.165) is 38.2 Å². The maximum Gasteiger partial charge on any atom is 0.222 e. The molecule has 1 N–H and O–H groups in total. The van der Waals surface area contributed by atoms with E-state index in [1.165, 1.54) is 29.5 Å². The molecule has 0 spiro atoms. The Bertz CT molecular complexity index is 890. The first-order valence-corrected chi connectivity index (χ1v) is 11.0. The van der Waals surface area contributed by atoms with E-state index in [1.807, 2.05) is 4.90 Å². The number of rotatable bonds is 8. The Hall–Kier alpha value is -2.53. The molecule has 30 heavy (non-hydrogen) atoms. The molecule has 2 heterocycles. The van der Waals surface area contributed by atoms with Gasteiger partial charge in [0.2, 0.25) is 5.91 Å². The molecule has 0 unspecified atom stereocenters. The molecule has 1 radical (unpaired) electrons. The lowest BCUT2D eigenvalue weighted by Crippen LogP contribution is -2.25. The fourth-order valence-electron chi connectivity index (χ4n) is 4.38. The van der Waals surface area contributed by atoms with Gasteiger partial charge in [0, 0.05) is 44.1 Å². The number of aromatic hydroxyl groups is 1. The predicted molar refractivity (Wildman–Crippen MR) is 117 cm³/mol. The molecule has 2 aromatic carbocycles. The Labute approximate surface area is 179 Å². The Morgan fingerprint density at radius 2 is 1.97 bits per heavy atom. The Morgan fingerprint density at radius 1 is 1.13 bits per heavy atom. The lowest BCUT2D eigenvalue weighted by atomic mass is 9.99. The molecule has 1 amide bonds. The largest absolute Gasteiger partial charge is 0.508 e. The predicted octanol–water partition coefficient (Wildman–Crippen LogP) is 3.69. The van der Waals surface area contributed by atoms with E-state index in [2.05, 4.69) is 36.1 Å². The zero-order chi connectivity index (χ0) is 20.9. The number of phenolic OH excluding ortho intramolecular Hbond substituents is 1. The second-order valence-corrected chi connectivity index (χ2v) is 8.45. The fraction of sp³-hybridized carbons (Fsp3) is 0.480. The van der Waals surface area contributed by atoms with Crippen LogP contribution in [0.15, 0.2) is 30.3 Å². The highest BCUT2D eigenvalue weighted by Gasteiger charge is 2.20. The summed E-state index contributed by atoms with van der Waals surface area (Å²) in [6, 6.07) is 12.9. The normalized spacial score (nSPS) is 17.1. The number of hydrogen-bond acceptors (Lipinski definition) is 4. The summed E-state index contributed by atoms with van der Waals surface area (Å²) < 4.78 is 6.03. The molecule has 4 rings (SSSR count). The van der Waals surface area contributed by atoms with Crippen LogP contribution in [-0.4, -0.2) is 53.6 Å². The Balaban J connectivity index is 1.41. The third kappa shape index (κ3) is 5.14. The topological polar surface area (TPSA) is 53.0 Å². The minimum atomic E-state index is 0.178. The van der Waals surface area contributed by atoms with Crippen LogP contribution in [0.4, 0.5) is 0 Å². The molecule has 0 aromatic heterocycles. The number of likely N-dealkylation sites (tertiary alicyclic amines) is 2. The van der Waals surface area contributed by atoms with Gasteiger partial charge in [-0.2, -0.15) is 0 Å². The summed E-state index contributed by atoms with van der Waals surface area (Å²) >= 11 is 0. The highest BCUT2D eigenvalue weighted by atomic mass is 16.5. The molecule has 2 saturated heterocycles. The molecular formula is C25H31N2O3. The van der Waals surface area contributed by atoms with Gasteiger partial charge in [-0.15, -0.1) is 0 Å². The number of carbonyl (C=O) groups excluding carboxylic acids is 1. The average molecular weight is 408 g/mol. The van der Waals surface area contributed by atoms with Crippen LogP contribution in [0.2, 0.25) is 0 Å². The molecule has 2 aliphatic rings. The lowest BCUT2D eigenvalue weighted by Gasteiger charge is -2.18. The van der Waals surface area contributed by atoms with Gasteiger partial charge in [-0.05, 0) is 68.1 Å². The summed E-state index contributed by atoms with van der Waals surface area (Å²) in [4.78, 5) is 16.3. The third-order valence-corrected chi connectivity index (χ3v) is 6.15. The van der Waals surface area contributed by atoms with Crippen LogP contribution in [-0.2, 0) is 17.8 Å². The van der Waals surface area contributed by atoms with Crippen molar-refractivity contribution in [1.82, 2.24) is 9.80 Å². The number of carbonyl (C=O) groups is 1. The van der Waals surface area contributed by atoms with Crippen molar-refractivity contribution in [3.05, 3.63) is 58.7 Å². The Morgan fingerprint density at radius 3 is 2.70 bits per heavy atom. The standard InChI is InChI=1S/C25H31N2O3/c1-19-15-20(6-7-22(19)18-27-12-4-5-25(27)29)16-21-8-9-23(28)17-24(21)30-14-13-26-10-2-3-11-26/h6-7,9,15,17,28H,2-5,10-14,16,18H2,1H3. The third-order valence-electron chi connectivity index (χ3n) is 6.15. The van der Waals surface area contributed by atoms with E-state index in [4.69, 9.17) is 4.74 Å². The minimum absolute atomic E-state index is 0.178. The number of benzene rings is 2. The van der Waals surface area contributed by atoms with Crippen molar-refractivity contribution in [2.75, 3.05) is 32.8 Å². The van der Waals surface area contributed by atoms with Crippen LogP contribution in [0, 0.1) is 13.0 Å². The molecular weight excluding hydrogens is 376 g/mol. The van der Waals surface area contributed by atoms with Gasteiger partial charge in [0.05, 0.1) is 0 Å². The molecule has 5 heteroatoms. The number of nitrogens with zero attached hydrogens (tertiary/aromatic N) is 2. The molecule has 2 fully saturated rings. The second kappa shape index (κ2) is 9.52. The fourth-order valence-corrected chi connectivity index (χ4v) is 4.38. The lowest BCUT2D eigenvalue weighted by molar-refractivity contribution is -0.128. The van der Waals surface area contributed by atoms with E-state index in [9.17, 15) is 9.90 Å². The van der Waals surface area contributed by atoms with Crippen LogP contribution in [0.3, 0.4) is 0 Å². The van der Waals surface area contributed by atoms with Crippen molar-refractivity contribution in [2.24, 2.45) is 0 Å². The summed E-state index contributed by atoms with van der Waals surface area (Å²) in [5.41, 5.74) is 4.53. The highest BCUT2D eigenvalue weighted by molar-refractivity contribution is 5.78. The van der Waals surface area contributed by atoms with Gasteiger partial charge in [0.25, 0.3) is 0 Å². The first-order valence-electron chi connectivity index (χ1n) is 11.0. The van der Waals surface area contributed by atoms with Crippen molar-refractivity contribution < 1.29 is 14.6 Å². The molecule has 0 bridgehead atoms. The van der Waals surface area contributed by atoms with Crippen LogP contribution in [0.1, 0.15) is 47.9 Å². The number of amides is 1. The quantitative estimate of drug-likeness (QED) is 0.725. The number of ether oxygens (including phenoxy) is 1. The van der Waals surface area contributed by atoms with E-state index in [-0.39, 0.29) is 11.7 Å². The molecule has 159 valence electrons. The first-order chi connectivity index (χ1) is 14.6. The van der Waals surface area contributed by atoms with E-state index >= 15 is 0 Å². The smallest absolute Gasteiger partial charge is 0.222 e. The molecule has 2 aliphatic heterocycles. The van der Waals surface area contributed by atoms with Gasteiger partial charge in [-0.25, -0.2) is 0 Å². The number of hydrogen-bond donors (Lipinski definition) is 1. The van der Waals surface area contributed by atoms with Gasteiger partial charge in [-0.3, -0.25) is 9.69 Å². The van der Waals surface area contributed by atoms with Crippen LogP contribution in [0.5, 0.6) is 11.5 Å². The van der Waals surface area contributed by atoms with Gasteiger partial charge in [0.15, 0.2) is 0 Å². The van der Waals surface area contributed by atoms with Crippen molar-refractivity contribution in [3.63, 3.8) is 0 Å². The van der Waals surface area contributed by atoms with Gasteiger partial charge in [-0.1, -0.05) is 18.2 Å². The summed E-state index contributed by atoms with van der Waals surface area (Å²) in [6.45, 7) is 7.49. The first kappa shape index (κ1) is 20.7. The molecule has 0 aliphatic carbocycles. The molecule has 5 nitrogen and oxygen atoms in total. The summed E-state index contributed by atoms with van der Waals surface area (Å²) in [6.07, 6.45) is 4.88. The maximum atomic E-state index is 11.9. The zero-order valence-electron chi connectivity index (χ0n) is 17.8. The maximum absolute atomic E-state index is 11.9. The second-order valence-electron chi connectivity index (χ2n) is 8.45. The van der Waals surface area contributed by atoms with Crippen molar-refractivity contribution in [2.45, 2.75) is 45.6 Å². The summed E-state index contributed by atoms with van der Waals surface area (Å²) in [5, 5.41) is 9.90. The van der Waals surface area contributed by atoms with Crippen molar-refractivity contribution >= 4 is 5.91 Å². The van der Waals surface area contributed by atoms with Gasteiger partial charge >= 0.3 is 0 Å². The van der Waals surface area contributed by atoms with E-state index < -0.39 is 0 Å². The van der Waals surface area contributed by atoms with Gasteiger partial charge in [0.1, 0.15) is 18.1 Å². The number of phenols is 1. The van der Waals surface area contributed by atoms with Gasteiger partial charge < -0.3 is 14.7 Å². The number of aryl methyl sites for hydroxylation is 1. The van der Waals surface area contributed by atoms with E-state index in [0.29, 0.717) is 31.7 Å². The Kier molecular flexibility index (Phi) is 6.58. The van der Waals surface area contributed by atoms with Crippen LogP contribution in [0.25, 0.3) is 0 Å². The zero-order valence-corrected chi connectivity index (χ0v) is 17.8. The van der Waals surface area contributed by atoms with Crippen molar-refractivity contribution in [1.29, 1.82) is 0 Å². The van der Waals surface area contributed by atoms with Crippen molar-refractivity contribution in [3.8, 4) is 11.5 Å². The van der Waals surface area contributed by atoms with E-state index in [1.54, 1.807) is 12.1 Å². The average Bonchev–Trinajstić information content (AvgIpc) is 3.38. The summed E-state index contributed by atoms with van der Waals surface area (Å²) in [5.74, 6) is 1.14. The SMILES string of the molecule is Cc1cc(Cc2[c]cc(O)cc2OCCN2CCCC2)ccc1CN1CCCC1=O. The minimum Gasteiger partial charge on any atom is -0.508 e. The molecule has 0 atom stereocenters.